The number of aryl methyl sites for hydroxylation is 1. The second-order valence-electron chi connectivity index (χ2n) is 11.7. The fraction of sp³-hybridized carbons (Fsp3) is 0.297. The van der Waals surface area contributed by atoms with E-state index in [4.69, 9.17) is 18.9 Å². The minimum Gasteiger partial charge on any atom is -0.493 e. The van der Waals surface area contributed by atoms with Crippen LogP contribution in [-0.4, -0.2) is 79.3 Å². The lowest BCUT2D eigenvalue weighted by atomic mass is 10.0. The molecule has 1 aromatic heterocycles. The van der Waals surface area contributed by atoms with Crippen LogP contribution >= 0.6 is 0 Å². The van der Waals surface area contributed by atoms with Crippen molar-refractivity contribution in [2.24, 2.45) is 0 Å². The number of benzene rings is 4. The molecule has 1 aliphatic rings. The number of rotatable bonds is 12. The van der Waals surface area contributed by atoms with E-state index >= 15 is 0 Å². The Morgan fingerprint density at radius 3 is 2.22 bits per heavy atom. The van der Waals surface area contributed by atoms with E-state index in [1.165, 1.54) is 21.3 Å². The lowest BCUT2D eigenvalue weighted by molar-refractivity contribution is -0.140. The molecule has 1 fully saturated rings. The van der Waals surface area contributed by atoms with Crippen molar-refractivity contribution in [3.63, 3.8) is 0 Å². The smallest absolute Gasteiger partial charge is 0.251 e. The van der Waals surface area contributed by atoms with Gasteiger partial charge in [-0.3, -0.25) is 9.59 Å². The lowest BCUT2D eigenvalue weighted by Crippen LogP contribution is -2.42. The van der Waals surface area contributed by atoms with E-state index < -0.39 is 11.9 Å². The standard InChI is InChI=1S/C37H40N6O6/c1-25-9-11-26(12-10-25)23-42(34(44)24-43-31-8-6-5-7-30(31)39-40-43)35(27-21-32(46-2)36(48-4)33(22-27)47-3)37(45)38-28-13-15-29(16-14-28)41-17-19-49-20-18-41/h5-16,21-22,35H,17-20,23-24H2,1-4H3,(H,38,45). The first-order valence-electron chi connectivity index (χ1n) is 16.0. The monoisotopic (exact) mass is 664 g/mol. The summed E-state index contributed by atoms with van der Waals surface area (Å²) in [5, 5.41) is 11.6. The number of ether oxygens (including phenoxy) is 4. The van der Waals surface area contributed by atoms with Gasteiger partial charge in [-0.2, -0.15) is 0 Å². The number of nitrogens with zero attached hydrogens (tertiary/aromatic N) is 5. The van der Waals surface area contributed by atoms with Crippen LogP contribution in [0.1, 0.15) is 22.7 Å². The average molecular weight is 665 g/mol. The molecule has 4 aromatic carbocycles. The predicted molar refractivity (Wildman–Crippen MR) is 186 cm³/mol. The van der Waals surface area contributed by atoms with E-state index in [9.17, 15) is 9.59 Å². The van der Waals surface area contributed by atoms with Gasteiger partial charge in [-0.1, -0.05) is 47.2 Å². The number of hydrogen-bond acceptors (Lipinski definition) is 9. The SMILES string of the molecule is COc1cc(C(C(=O)Nc2ccc(N3CCOCC3)cc2)N(Cc2ccc(C)cc2)C(=O)Cn2nnc3ccccc32)cc(OC)c1OC. The van der Waals surface area contributed by atoms with Gasteiger partial charge in [-0.25, -0.2) is 4.68 Å². The van der Waals surface area contributed by atoms with Gasteiger partial charge in [0.25, 0.3) is 5.91 Å². The van der Waals surface area contributed by atoms with Gasteiger partial charge in [0.1, 0.15) is 18.1 Å². The maximum atomic E-state index is 14.6. The molecule has 12 heteroatoms. The number of aromatic nitrogens is 3. The van der Waals surface area contributed by atoms with E-state index in [1.54, 1.807) is 21.7 Å². The van der Waals surface area contributed by atoms with Crippen LogP contribution in [0, 0.1) is 6.92 Å². The van der Waals surface area contributed by atoms with Gasteiger partial charge in [-0.15, -0.1) is 5.10 Å². The number of hydrogen-bond donors (Lipinski definition) is 1. The summed E-state index contributed by atoms with van der Waals surface area (Å²) < 4.78 is 24.0. The highest BCUT2D eigenvalue weighted by Crippen LogP contribution is 2.41. The van der Waals surface area contributed by atoms with Crippen LogP contribution in [0.25, 0.3) is 11.0 Å². The second kappa shape index (κ2) is 15.1. The molecule has 12 nitrogen and oxygen atoms in total. The third-order valence-corrected chi connectivity index (χ3v) is 8.57. The number of para-hydroxylation sites is 1. The number of anilines is 2. The van der Waals surface area contributed by atoms with Crippen LogP contribution in [-0.2, 0) is 27.4 Å². The van der Waals surface area contributed by atoms with Gasteiger partial charge in [0.2, 0.25) is 11.7 Å². The molecule has 49 heavy (non-hydrogen) atoms. The molecule has 2 amide bonds. The number of methoxy groups -OCH3 is 3. The average Bonchev–Trinajstić information content (AvgIpc) is 3.54. The van der Waals surface area contributed by atoms with Gasteiger partial charge in [0.05, 0.1) is 40.1 Å². The van der Waals surface area contributed by atoms with Crippen LogP contribution in [0.3, 0.4) is 0 Å². The quantitative estimate of drug-likeness (QED) is 0.196. The van der Waals surface area contributed by atoms with Gasteiger partial charge >= 0.3 is 0 Å². The predicted octanol–water partition coefficient (Wildman–Crippen LogP) is 5.01. The van der Waals surface area contributed by atoms with Gasteiger partial charge in [0.15, 0.2) is 11.5 Å². The Hall–Kier alpha value is -5.62. The molecule has 0 spiro atoms. The summed E-state index contributed by atoms with van der Waals surface area (Å²) in [6.07, 6.45) is 0. The van der Waals surface area contributed by atoms with Gasteiger partial charge < -0.3 is 34.1 Å². The van der Waals surface area contributed by atoms with Crippen molar-refractivity contribution in [1.29, 1.82) is 0 Å². The molecule has 1 saturated heterocycles. The molecule has 0 aliphatic carbocycles. The maximum Gasteiger partial charge on any atom is 0.251 e. The van der Waals surface area contributed by atoms with E-state index in [0.29, 0.717) is 52.7 Å². The van der Waals surface area contributed by atoms with Crippen LogP contribution in [0.5, 0.6) is 17.2 Å². The lowest BCUT2D eigenvalue weighted by Gasteiger charge is -2.32. The molecule has 1 unspecified atom stereocenters. The zero-order valence-corrected chi connectivity index (χ0v) is 28.1. The second-order valence-corrected chi connectivity index (χ2v) is 11.7. The Labute approximate surface area is 285 Å². The number of carbonyl (C=O) groups is 2. The van der Waals surface area contributed by atoms with Crippen molar-refractivity contribution in [3.05, 3.63) is 102 Å². The van der Waals surface area contributed by atoms with E-state index in [0.717, 1.165) is 29.9 Å². The highest BCUT2D eigenvalue weighted by molar-refractivity contribution is 5.98. The summed E-state index contributed by atoms with van der Waals surface area (Å²) in [5.41, 5.74) is 5.40. The highest BCUT2D eigenvalue weighted by Gasteiger charge is 2.34. The van der Waals surface area contributed by atoms with Gasteiger partial charge in [-0.05, 0) is 66.6 Å². The van der Waals surface area contributed by atoms with Crippen LogP contribution in [0.15, 0.2) is 84.9 Å². The summed E-state index contributed by atoms with van der Waals surface area (Å²) in [4.78, 5) is 32.9. The van der Waals surface area contributed by atoms with Crippen molar-refractivity contribution in [3.8, 4) is 17.2 Å². The zero-order valence-electron chi connectivity index (χ0n) is 28.1. The molecule has 1 N–H and O–H groups in total. The molecule has 0 saturated carbocycles. The summed E-state index contributed by atoms with van der Waals surface area (Å²) in [7, 11) is 4.54. The number of fused-ring (bicyclic) bond motifs is 1. The van der Waals surface area contributed by atoms with Crippen molar-refractivity contribution >= 4 is 34.2 Å². The fourth-order valence-corrected chi connectivity index (χ4v) is 5.99. The first-order valence-corrected chi connectivity index (χ1v) is 16.0. The van der Waals surface area contributed by atoms with Crippen molar-refractivity contribution < 1.29 is 28.5 Å². The maximum absolute atomic E-state index is 14.6. The number of amides is 2. The number of carbonyl (C=O) groups excluding carboxylic acids is 2. The Bertz CT molecular complexity index is 1880. The van der Waals surface area contributed by atoms with E-state index in [1.807, 2.05) is 79.7 Å². The highest BCUT2D eigenvalue weighted by atomic mass is 16.5. The van der Waals surface area contributed by atoms with E-state index in [-0.39, 0.29) is 19.0 Å². The largest absolute Gasteiger partial charge is 0.493 e. The minimum absolute atomic E-state index is 0.135. The Morgan fingerprint density at radius 2 is 1.57 bits per heavy atom. The third kappa shape index (κ3) is 7.44. The fourth-order valence-electron chi connectivity index (χ4n) is 5.99. The molecule has 1 aliphatic heterocycles. The normalized spacial score (nSPS) is 13.5. The molecule has 2 heterocycles. The Kier molecular flexibility index (Phi) is 10.2. The summed E-state index contributed by atoms with van der Waals surface area (Å²) in [5.74, 6) is 0.325. The zero-order chi connectivity index (χ0) is 34.3. The molecule has 0 radical (unpaired) electrons. The summed E-state index contributed by atoms with van der Waals surface area (Å²) in [6, 6.07) is 25.3. The molecule has 254 valence electrons. The van der Waals surface area contributed by atoms with Crippen molar-refractivity contribution in [2.75, 3.05) is 57.8 Å². The van der Waals surface area contributed by atoms with Crippen molar-refractivity contribution in [1.82, 2.24) is 19.9 Å². The van der Waals surface area contributed by atoms with Crippen LogP contribution in [0.2, 0.25) is 0 Å². The molecule has 5 aromatic rings. The minimum atomic E-state index is -1.11. The molecule has 0 bridgehead atoms. The Balaban J connectivity index is 1.41. The summed E-state index contributed by atoms with van der Waals surface area (Å²) in [6.45, 7) is 4.93. The Morgan fingerprint density at radius 1 is 0.898 bits per heavy atom. The molecule has 6 rings (SSSR count). The van der Waals surface area contributed by atoms with Crippen LogP contribution < -0.4 is 24.4 Å². The van der Waals surface area contributed by atoms with Gasteiger partial charge in [0, 0.05) is 31.0 Å². The topological polar surface area (TPSA) is 120 Å². The number of morpholine rings is 1. The molecular formula is C37H40N6O6. The summed E-state index contributed by atoms with van der Waals surface area (Å²) >= 11 is 0. The molecular weight excluding hydrogens is 624 g/mol. The third-order valence-electron chi connectivity index (χ3n) is 8.57. The first kappa shape index (κ1) is 33.3. The van der Waals surface area contributed by atoms with Crippen molar-refractivity contribution in [2.45, 2.75) is 26.1 Å². The number of nitrogens with one attached hydrogen (secondary N) is 1. The van der Waals surface area contributed by atoms with E-state index in [2.05, 4.69) is 20.5 Å². The first-order chi connectivity index (χ1) is 23.9. The van der Waals surface area contributed by atoms with Crippen LogP contribution in [0.4, 0.5) is 11.4 Å². The molecule has 1 atom stereocenters.